The predicted molar refractivity (Wildman–Crippen MR) is 84.6 cm³/mol. The summed E-state index contributed by atoms with van der Waals surface area (Å²) in [4.78, 5) is 28.6. The van der Waals surface area contributed by atoms with Gasteiger partial charge in [-0.05, 0) is 18.2 Å². The van der Waals surface area contributed by atoms with Gasteiger partial charge in [-0.1, -0.05) is 24.3 Å². The molecule has 1 aromatic carbocycles. The summed E-state index contributed by atoms with van der Waals surface area (Å²) in [5.41, 5.74) is 1.68. The minimum absolute atomic E-state index is 0.207. The number of hydrogen-bond donors (Lipinski definition) is 1. The van der Waals surface area contributed by atoms with Crippen LogP contribution in [-0.2, 0) is 13.6 Å². The molecule has 0 aliphatic rings. The molecule has 3 rings (SSSR count). The molecule has 22 heavy (non-hydrogen) atoms. The molecule has 0 saturated heterocycles. The number of nitrogens with zero attached hydrogens (tertiary/aromatic N) is 2. The minimum atomic E-state index is -0.278. The molecule has 0 saturated carbocycles. The molecule has 0 aliphatic heterocycles. The minimum Gasteiger partial charge on any atom is -0.346 e. The molecule has 1 N–H and O–H groups in total. The second kappa shape index (κ2) is 5.81. The van der Waals surface area contributed by atoms with Crippen LogP contribution in [-0.4, -0.2) is 15.5 Å². The second-order valence-corrected chi connectivity index (χ2v) is 4.98. The summed E-state index contributed by atoms with van der Waals surface area (Å²) in [6.07, 6.45) is 1.68. The van der Waals surface area contributed by atoms with Crippen LogP contribution >= 0.6 is 0 Å². The van der Waals surface area contributed by atoms with E-state index in [1.807, 2.05) is 42.5 Å². The third-order valence-electron chi connectivity index (χ3n) is 3.55. The topological polar surface area (TPSA) is 64.0 Å². The molecule has 0 aliphatic carbocycles. The summed E-state index contributed by atoms with van der Waals surface area (Å²) in [6, 6.07) is 14.2. The quantitative estimate of drug-likeness (QED) is 0.801. The highest BCUT2D eigenvalue weighted by Crippen LogP contribution is 2.16. The summed E-state index contributed by atoms with van der Waals surface area (Å²) in [7, 11) is 1.69. The van der Waals surface area contributed by atoms with Crippen LogP contribution in [0.1, 0.15) is 16.1 Å². The van der Waals surface area contributed by atoms with E-state index in [0.717, 1.165) is 16.6 Å². The molecule has 1 amide bonds. The van der Waals surface area contributed by atoms with Gasteiger partial charge in [0.1, 0.15) is 0 Å². The Morgan fingerprint density at radius 3 is 2.73 bits per heavy atom. The van der Waals surface area contributed by atoms with Gasteiger partial charge in [-0.2, -0.15) is 0 Å². The summed E-state index contributed by atoms with van der Waals surface area (Å²) < 4.78 is 1.53. The molecule has 0 fully saturated rings. The van der Waals surface area contributed by atoms with Crippen LogP contribution < -0.4 is 10.9 Å². The first-order chi connectivity index (χ1) is 10.7. The number of pyridine rings is 2. The second-order valence-electron chi connectivity index (χ2n) is 4.98. The molecule has 0 radical (unpaired) electrons. The average molecular weight is 293 g/mol. The number of amides is 1. The fraction of sp³-hybridized carbons (Fsp3) is 0.118. The van der Waals surface area contributed by atoms with Gasteiger partial charge in [0.05, 0.1) is 23.3 Å². The molecular weight excluding hydrogens is 278 g/mol. The zero-order valence-corrected chi connectivity index (χ0v) is 12.1. The van der Waals surface area contributed by atoms with E-state index < -0.39 is 0 Å². The first-order valence-corrected chi connectivity index (χ1v) is 6.93. The third-order valence-corrected chi connectivity index (χ3v) is 3.55. The third kappa shape index (κ3) is 2.61. The van der Waals surface area contributed by atoms with Crippen molar-refractivity contribution in [2.24, 2.45) is 7.05 Å². The van der Waals surface area contributed by atoms with Gasteiger partial charge in [0.2, 0.25) is 0 Å². The van der Waals surface area contributed by atoms with Crippen molar-refractivity contribution in [3.63, 3.8) is 0 Å². The van der Waals surface area contributed by atoms with Gasteiger partial charge in [0.15, 0.2) is 0 Å². The van der Waals surface area contributed by atoms with E-state index in [-0.39, 0.29) is 11.5 Å². The van der Waals surface area contributed by atoms with E-state index >= 15 is 0 Å². The van der Waals surface area contributed by atoms with E-state index in [0.29, 0.717) is 12.1 Å². The Balaban J connectivity index is 1.94. The molecule has 3 aromatic rings. The van der Waals surface area contributed by atoms with Crippen molar-refractivity contribution in [1.29, 1.82) is 0 Å². The number of aromatic nitrogens is 2. The van der Waals surface area contributed by atoms with Crippen molar-refractivity contribution in [1.82, 2.24) is 14.9 Å². The Kier molecular flexibility index (Phi) is 3.70. The smallest absolute Gasteiger partial charge is 0.252 e. The SMILES string of the molecule is Cn1c(=O)cc(C(=O)NCc2ccccn2)c2ccccc21. The van der Waals surface area contributed by atoms with Crippen molar-refractivity contribution in [2.75, 3.05) is 0 Å². The normalized spacial score (nSPS) is 10.6. The maximum absolute atomic E-state index is 12.4. The molecule has 5 heteroatoms. The van der Waals surface area contributed by atoms with Crippen LogP contribution in [0, 0.1) is 0 Å². The highest BCUT2D eigenvalue weighted by atomic mass is 16.2. The number of para-hydroxylation sites is 1. The van der Waals surface area contributed by atoms with E-state index in [4.69, 9.17) is 0 Å². The van der Waals surface area contributed by atoms with Crippen LogP contribution in [0.2, 0.25) is 0 Å². The van der Waals surface area contributed by atoms with Crippen LogP contribution in [0.4, 0.5) is 0 Å². The van der Waals surface area contributed by atoms with Crippen LogP contribution in [0.25, 0.3) is 10.9 Å². The summed E-state index contributed by atoms with van der Waals surface area (Å²) in [5.74, 6) is -0.278. The van der Waals surface area contributed by atoms with Crippen molar-refractivity contribution >= 4 is 16.8 Å². The molecule has 2 aromatic heterocycles. The highest BCUT2D eigenvalue weighted by Gasteiger charge is 2.13. The monoisotopic (exact) mass is 293 g/mol. The van der Waals surface area contributed by atoms with Gasteiger partial charge in [-0.15, -0.1) is 0 Å². The summed E-state index contributed by atoms with van der Waals surface area (Å²) in [6.45, 7) is 0.323. The van der Waals surface area contributed by atoms with Crippen molar-refractivity contribution in [3.8, 4) is 0 Å². The average Bonchev–Trinajstić information content (AvgIpc) is 2.57. The number of fused-ring (bicyclic) bond motifs is 1. The summed E-state index contributed by atoms with van der Waals surface area (Å²) >= 11 is 0. The number of aryl methyl sites for hydroxylation is 1. The lowest BCUT2D eigenvalue weighted by Gasteiger charge is -2.10. The number of hydrogen-bond acceptors (Lipinski definition) is 3. The molecule has 110 valence electrons. The highest BCUT2D eigenvalue weighted by molar-refractivity contribution is 6.06. The Bertz CT molecular complexity index is 885. The lowest BCUT2D eigenvalue weighted by Crippen LogP contribution is -2.26. The van der Waals surface area contributed by atoms with E-state index in [9.17, 15) is 9.59 Å². The summed E-state index contributed by atoms with van der Waals surface area (Å²) in [5, 5.41) is 3.56. The van der Waals surface area contributed by atoms with Gasteiger partial charge in [0, 0.05) is 24.7 Å². The molecule has 0 atom stereocenters. The van der Waals surface area contributed by atoms with Crippen molar-refractivity contribution < 1.29 is 4.79 Å². The first kappa shape index (κ1) is 14.0. The largest absolute Gasteiger partial charge is 0.346 e. The predicted octanol–water partition coefficient (Wildman–Crippen LogP) is 1.86. The van der Waals surface area contributed by atoms with Crippen molar-refractivity contribution in [2.45, 2.75) is 6.54 Å². The Hall–Kier alpha value is -2.95. The molecule has 5 nitrogen and oxygen atoms in total. The number of nitrogens with one attached hydrogen (secondary N) is 1. The lowest BCUT2D eigenvalue weighted by molar-refractivity contribution is 0.0952. The molecule has 2 heterocycles. The van der Waals surface area contributed by atoms with Crippen molar-refractivity contribution in [3.05, 3.63) is 76.3 Å². The fourth-order valence-corrected chi connectivity index (χ4v) is 2.37. The first-order valence-electron chi connectivity index (χ1n) is 6.93. The molecule has 0 spiro atoms. The van der Waals surface area contributed by atoms with Gasteiger partial charge in [-0.25, -0.2) is 0 Å². The molecule has 0 unspecified atom stereocenters. The maximum atomic E-state index is 12.4. The zero-order chi connectivity index (χ0) is 15.5. The van der Waals surface area contributed by atoms with Gasteiger partial charge in [0.25, 0.3) is 11.5 Å². The number of benzene rings is 1. The number of rotatable bonds is 3. The Morgan fingerprint density at radius 1 is 1.18 bits per heavy atom. The molecule has 0 bridgehead atoms. The lowest BCUT2D eigenvalue weighted by atomic mass is 10.1. The van der Waals surface area contributed by atoms with E-state index in [1.165, 1.54) is 10.6 Å². The Morgan fingerprint density at radius 2 is 1.95 bits per heavy atom. The zero-order valence-electron chi connectivity index (χ0n) is 12.1. The van der Waals surface area contributed by atoms with Crippen LogP contribution in [0.5, 0.6) is 0 Å². The van der Waals surface area contributed by atoms with Crippen LogP contribution in [0.15, 0.2) is 59.5 Å². The number of carbonyl (C=O) groups is 1. The van der Waals surface area contributed by atoms with Gasteiger partial charge < -0.3 is 9.88 Å². The standard InChI is InChI=1S/C17H15N3O2/c1-20-15-8-3-2-7-13(15)14(10-16(20)21)17(22)19-11-12-6-4-5-9-18-12/h2-10H,11H2,1H3,(H,19,22). The van der Waals surface area contributed by atoms with Gasteiger partial charge in [-0.3, -0.25) is 14.6 Å². The molecular formula is C17H15N3O2. The van der Waals surface area contributed by atoms with Crippen LogP contribution in [0.3, 0.4) is 0 Å². The number of carbonyl (C=O) groups excluding carboxylic acids is 1. The van der Waals surface area contributed by atoms with Gasteiger partial charge >= 0.3 is 0 Å². The Labute approximate surface area is 127 Å². The fourth-order valence-electron chi connectivity index (χ4n) is 2.37. The maximum Gasteiger partial charge on any atom is 0.252 e. The van der Waals surface area contributed by atoms with E-state index in [1.54, 1.807) is 13.2 Å². The van der Waals surface area contributed by atoms with E-state index in [2.05, 4.69) is 10.3 Å².